The number of nitrogens with one attached hydrogen (secondary N) is 1. The molecule has 0 spiro atoms. The Hall–Kier alpha value is -2.97. The molecule has 9 heteroatoms. The van der Waals surface area contributed by atoms with Crippen molar-refractivity contribution in [3.8, 4) is 5.88 Å². The highest BCUT2D eigenvalue weighted by Crippen LogP contribution is 2.12. The number of nitro groups is 1. The predicted molar refractivity (Wildman–Crippen MR) is 82.3 cm³/mol. The molecule has 0 aliphatic carbocycles. The molecule has 1 aromatic rings. The largest absolute Gasteiger partial charge is 0.493 e. The van der Waals surface area contributed by atoms with Gasteiger partial charge in [0.25, 0.3) is 5.91 Å². The lowest BCUT2D eigenvalue weighted by Crippen LogP contribution is -2.29. The molecule has 9 nitrogen and oxygen atoms in total. The number of hydrogen-bond donors (Lipinski definition) is 3. The number of nitrogens with zero attached hydrogens (tertiary/aromatic N) is 3. The summed E-state index contributed by atoms with van der Waals surface area (Å²) in [4.78, 5) is 25.9. The zero-order chi connectivity index (χ0) is 17.4. The van der Waals surface area contributed by atoms with Crippen molar-refractivity contribution in [3.05, 3.63) is 45.7 Å². The summed E-state index contributed by atoms with van der Waals surface area (Å²) in [6.07, 6.45) is 3.11. The maximum Gasteiger partial charge on any atom is 0.257 e. The quantitative estimate of drug-likeness (QED) is 0.300. The smallest absolute Gasteiger partial charge is 0.257 e. The molecule has 23 heavy (non-hydrogen) atoms. The van der Waals surface area contributed by atoms with Gasteiger partial charge in [-0.2, -0.15) is 0 Å². The monoisotopic (exact) mass is 322 g/mol. The molecule has 0 fully saturated rings. The van der Waals surface area contributed by atoms with Gasteiger partial charge in [0.05, 0.1) is 12.3 Å². The summed E-state index contributed by atoms with van der Waals surface area (Å²) < 4.78 is 0. The van der Waals surface area contributed by atoms with E-state index in [1.54, 1.807) is 6.92 Å². The van der Waals surface area contributed by atoms with Crippen LogP contribution in [0.25, 0.3) is 0 Å². The second-order valence-corrected chi connectivity index (χ2v) is 4.68. The average molecular weight is 322 g/mol. The van der Waals surface area contributed by atoms with Gasteiger partial charge >= 0.3 is 0 Å². The Kier molecular flexibility index (Phi) is 6.66. The number of carbonyl (C=O) groups is 1. The van der Waals surface area contributed by atoms with Crippen LogP contribution in [0.5, 0.6) is 5.88 Å². The standard InChI is InChI=1S/C14H18N4O5/c1-3-10(9(2)18(22)23)7-11(17-21)8-16-14(20)12-5-4-6-15-13(12)19/h4-7,9,21H,3,8H2,1-2H3,(H,15,19)(H,16,20)/b10-7+,17-11+. The maximum absolute atomic E-state index is 11.9. The minimum absolute atomic E-state index is 0.0249. The van der Waals surface area contributed by atoms with Crippen LogP contribution in [-0.2, 0) is 0 Å². The van der Waals surface area contributed by atoms with E-state index in [9.17, 15) is 20.0 Å². The van der Waals surface area contributed by atoms with Crippen LogP contribution < -0.4 is 5.32 Å². The van der Waals surface area contributed by atoms with Gasteiger partial charge in [-0.1, -0.05) is 12.1 Å². The van der Waals surface area contributed by atoms with Crippen LogP contribution in [0.3, 0.4) is 0 Å². The van der Waals surface area contributed by atoms with Crippen LogP contribution in [0, 0.1) is 10.1 Å². The molecular formula is C14H18N4O5. The van der Waals surface area contributed by atoms with E-state index >= 15 is 0 Å². The molecule has 0 saturated heterocycles. The van der Waals surface area contributed by atoms with E-state index in [0.717, 1.165) is 0 Å². The first-order valence-electron chi connectivity index (χ1n) is 6.87. The SMILES string of the molecule is CC/C(=C\C(CNC(=O)c1cccnc1O)=N/O)C(C)[N+](=O)[O-]. The van der Waals surface area contributed by atoms with Gasteiger partial charge in [-0.25, -0.2) is 4.98 Å². The van der Waals surface area contributed by atoms with Gasteiger partial charge in [0, 0.05) is 23.6 Å². The van der Waals surface area contributed by atoms with Gasteiger partial charge in [0.1, 0.15) is 5.56 Å². The molecular weight excluding hydrogens is 304 g/mol. The fraction of sp³-hybridized carbons (Fsp3) is 0.357. The Bertz CT molecular complexity index is 642. The normalized spacial score (nSPS) is 13.5. The lowest BCUT2D eigenvalue weighted by molar-refractivity contribution is -0.507. The zero-order valence-electron chi connectivity index (χ0n) is 12.8. The number of hydrogen-bond acceptors (Lipinski definition) is 7. The van der Waals surface area contributed by atoms with Crippen LogP contribution in [0.4, 0.5) is 0 Å². The van der Waals surface area contributed by atoms with E-state index < -0.39 is 22.8 Å². The Morgan fingerprint density at radius 3 is 2.83 bits per heavy atom. The number of amides is 1. The van der Waals surface area contributed by atoms with E-state index in [0.29, 0.717) is 12.0 Å². The third kappa shape index (κ3) is 5.06. The predicted octanol–water partition coefficient (Wildman–Crippen LogP) is 1.35. The topological polar surface area (TPSA) is 138 Å². The van der Waals surface area contributed by atoms with E-state index in [1.165, 1.54) is 31.3 Å². The molecule has 1 amide bonds. The summed E-state index contributed by atoms with van der Waals surface area (Å²) in [6, 6.07) is 1.95. The second-order valence-electron chi connectivity index (χ2n) is 4.68. The Morgan fingerprint density at radius 1 is 1.61 bits per heavy atom. The van der Waals surface area contributed by atoms with Crippen molar-refractivity contribution >= 4 is 11.6 Å². The summed E-state index contributed by atoms with van der Waals surface area (Å²) in [5.41, 5.74) is 0.497. The van der Waals surface area contributed by atoms with Gasteiger partial charge < -0.3 is 15.6 Å². The third-order valence-corrected chi connectivity index (χ3v) is 3.20. The molecule has 1 heterocycles. The molecule has 1 atom stereocenters. The van der Waals surface area contributed by atoms with Gasteiger partial charge in [-0.3, -0.25) is 14.9 Å². The van der Waals surface area contributed by atoms with Crippen molar-refractivity contribution in [1.82, 2.24) is 10.3 Å². The molecule has 0 radical (unpaired) electrons. The van der Waals surface area contributed by atoms with Crippen molar-refractivity contribution in [2.24, 2.45) is 5.16 Å². The summed E-state index contributed by atoms with van der Waals surface area (Å²) in [5.74, 6) is -1.02. The van der Waals surface area contributed by atoms with Crippen LogP contribution in [0.2, 0.25) is 0 Å². The highest BCUT2D eigenvalue weighted by molar-refractivity contribution is 6.02. The zero-order valence-corrected chi connectivity index (χ0v) is 12.8. The molecule has 0 aliphatic rings. The number of pyridine rings is 1. The molecule has 1 unspecified atom stereocenters. The number of aromatic hydroxyl groups is 1. The van der Waals surface area contributed by atoms with E-state index in [4.69, 9.17) is 5.21 Å². The van der Waals surface area contributed by atoms with Crippen LogP contribution in [0.1, 0.15) is 30.6 Å². The molecule has 3 N–H and O–H groups in total. The molecule has 1 rings (SSSR count). The van der Waals surface area contributed by atoms with Crippen LogP contribution in [0.15, 0.2) is 35.1 Å². The molecule has 0 saturated carbocycles. The number of carbonyl (C=O) groups excluding carboxylic acids is 1. The molecule has 0 aromatic carbocycles. The molecule has 1 aromatic heterocycles. The lowest BCUT2D eigenvalue weighted by atomic mass is 10.0. The van der Waals surface area contributed by atoms with Gasteiger partial charge in [-0.05, 0) is 24.6 Å². The van der Waals surface area contributed by atoms with Crippen molar-refractivity contribution in [2.45, 2.75) is 26.3 Å². The molecule has 0 aliphatic heterocycles. The first-order valence-corrected chi connectivity index (χ1v) is 6.87. The fourth-order valence-electron chi connectivity index (χ4n) is 1.82. The number of rotatable bonds is 7. The van der Waals surface area contributed by atoms with Gasteiger partial charge in [0.15, 0.2) is 0 Å². The van der Waals surface area contributed by atoms with Gasteiger partial charge in [0.2, 0.25) is 11.9 Å². The first-order chi connectivity index (χ1) is 10.9. The summed E-state index contributed by atoms with van der Waals surface area (Å²) >= 11 is 0. The molecule has 124 valence electrons. The summed E-state index contributed by atoms with van der Waals surface area (Å²) in [7, 11) is 0. The van der Waals surface area contributed by atoms with Crippen LogP contribution >= 0.6 is 0 Å². The number of oxime groups is 1. The van der Waals surface area contributed by atoms with E-state index in [2.05, 4.69) is 15.5 Å². The Balaban J connectivity index is 2.80. The van der Waals surface area contributed by atoms with E-state index in [1.807, 2.05) is 0 Å². The second kappa shape index (κ2) is 8.47. The average Bonchev–Trinajstić information content (AvgIpc) is 2.54. The summed E-state index contributed by atoms with van der Waals surface area (Å²) in [5, 5.41) is 34.8. The molecule has 0 bridgehead atoms. The first kappa shape index (κ1) is 18.1. The van der Waals surface area contributed by atoms with Crippen molar-refractivity contribution in [2.75, 3.05) is 6.54 Å². The Morgan fingerprint density at radius 2 is 2.30 bits per heavy atom. The maximum atomic E-state index is 11.9. The minimum Gasteiger partial charge on any atom is -0.493 e. The van der Waals surface area contributed by atoms with Crippen LogP contribution in [-0.4, -0.2) is 44.4 Å². The van der Waals surface area contributed by atoms with E-state index in [-0.39, 0.29) is 17.8 Å². The fourth-order valence-corrected chi connectivity index (χ4v) is 1.82. The lowest BCUT2D eigenvalue weighted by Gasteiger charge is -2.09. The van der Waals surface area contributed by atoms with Crippen molar-refractivity contribution < 1.29 is 20.0 Å². The highest BCUT2D eigenvalue weighted by atomic mass is 16.6. The Labute approximate surface area is 132 Å². The highest BCUT2D eigenvalue weighted by Gasteiger charge is 2.19. The third-order valence-electron chi connectivity index (χ3n) is 3.20. The summed E-state index contributed by atoms with van der Waals surface area (Å²) in [6.45, 7) is 3.02. The van der Waals surface area contributed by atoms with Gasteiger partial charge in [-0.15, -0.1) is 0 Å². The van der Waals surface area contributed by atoms with Crippen molar-refractivity contribution in [1.29, 1.82) is 0 Å². The minimum atomic E-state index is -0.921. The van der Waals surface area contributed by atoms with Crippen molar-refractivity contribution in [3.63, 3.8) is 0 Å². The number of aromatic nitrogens is 1.